The van der Waals surface area contributed by atoms with Crippen LogP contribution in [0.4, 0.5) is 13.2 Å². The molecule has 29 heavy (non-hydrogen) atoms. The third-order valence-electron chi connectivity index (χ3n) is 4.18. The summed E-state index contributed by atoms with van der Waals surface area (Å²) in [7, 11) is -3.94. The zero-order chi connectivity index (χ0) is 21.2. The number of aromatic nitrogens is 2. The van der Waals surface area contributed by atoms with Crippen LogP contribution in [-0.2, 0) is 16.2 Å². The average Bonchev–Trinajstić information content (AvgIpc) is 3.13. The van der Waals surface area contributed by atoms with Crippen molar-refractivity contribution in [1.82, 2.24) is 14.5 Å². The third kappa shape index (κ3) is 4.50. The van der Waals surface area contributed by atoms with Crippen molar-refractivity contribution in [2.75, 3.05) is 13.2 Å². The van der Waals surface area contributed by atoms with Crippen molar-refractivity contribution in [3.63, 3.8) is 0 Å². The molecule has 2 aromatic carbocycles. The van der Waals surface area contributed by atoms with Gasteiger partial charge in [-0.05, 0) is 36.8 Å². The summed E-state index contributed by atoms with van der Waals surface area (Å²) in [6, 6.07) is 13.5. The van der Waals surface area contributed by atoms with Gasteiger partial charge in [-0.25, -0.2) is 17.8 Å². The number of halogens is 3. The molecule has 1 heterocycles. The quantitative estimate of drug-likeness (QED) is 0.636. The van der Waals surface area contributed by atoms with Crippen LogP contribution >= 0.6 is 0 Å². The first kappa shape index (κ1) is 21.0. The lowest BCUT2D eigenvalue weighted by molar-refractivity contribution is -0.141. The molecule has 0 amide bonds. The minimum Gasteiger partial charge on any atom is -0.395 e. The molecule has 0 aliphatic heterocycles. The van der Waals surface area contributed by atoms with Gasteiger partial charge in [0.25, 0.3) is 0 Å². The molecule has 2 N–H and O–H groups in total. The number of aliphatic hydroxyl groups is 1. The largest absolute Gasteiger partial charge is 0.435 e. The molecule has 0 bridgehead atoms. The second-order valence-electron chi connectivity index (χ2n) is 6.26. The maximum Gasteiger partial charge on any atom is 0.435 e. The molecule has 0 unspecified atom stereocenters. The Balaban J connectivity index is 2.18. The highest BCUT2D eigenvalue weighted by Crippen LogP contribution is 2.34. The Kier molecular flexibility index (Phi) is 5.78. The molecule has 0 saturated carbocycles. The summed E-state index contributed by atoms with van der Waals surface area (Å²) in [6.45, 7) is 1.02. The predicted octanol–water partition coefficient (Wildman–Crippen LogP) is 3.14. The number of hydrogen-bond donors (Lipinski definition) is 2. The third-order valence-corrected chi connectivity index (χ3v) is 5.78. The minimum atomic E-state index is -4.66. The Labute approximate surface area is 165 Å². The van der Waals surface area contributed by atoms with Crippen molar-refractivity contribution in [3.8, 4) is 16.9 Å². The van der Waals surface area contributed by atoms with Crippen LogP contribution < -0.4 is 4.72 Å². The molecule has 3 aromatic rings. The number of para-hydroxylation sites is 1. The second-order valence-corrected chi connectivity index (χ2v) is 8.00. The Hall–Kier alpha value is -2.69. The molecule has 1 aromatic heterocycles. The van der Waals surface area contributed by atoms with Crippen molar-refractivity contribution in [3.05, 3.63) is 65.9 Å². The number of benzene rings is 2. The summed E-state index contributed by atoms with van der Waals surface area (Å²) in [4.78, 5) is -0.0854. The van der Waals surface area contributed by atoms with Gasteiger partial charge in [0.1, 0.15) is 0 Å². The van der Waals surface area contributed by atoms with E-state index in [1.807, 2.05) is 0 Å². The monoisotopic (exact) mass is 425 g/mol. The lowest BCUT2D eigenvalue weighted by atomic mass is 10.1. The maximum absolute atomic E-state index is 13.3. The molecule has 0 aliphatic carbocycles. The van der Waals surface area contributed by atoms with Crippen molar-refractivity contribution < 1.29 is 26.7 Å². The van der Waals surface area contributed by atoms with Crippen LogP contribution in [-0.4, -0.2) is 36.5 Å². The van der Waals surface area contributed by atoms with Gasteiger partial charge in [0.05, 0.1) is 22.9 Å². The van der Waals surface area contributed by atoms with Gasteiger partial charge in [-0.2, -0.15) is 18.3 Å². The molecule has 3 rings (SSSR count). The fourth-order valence-corrected chi connectivity index (χ4v) is 4.09. The molecular formula is C19H18F3N3O3S. The smallest absolute Gasteiger partial charge is 0.395 e. The zero-order valence-corrected chi connectivity index (χ0v) is 16.1. The van der Waals surface area contributed by atoms with Gasteiger partial charge in [-0.3, -0.25) is 0 Å². The number of sulfonamides is 1. The molecule has 0 spiro atoms. The van der Waals surface area contributed by atoms with E-state index in [1.54, 1.807) is 37.3 Å². The first-order chi connectivity index (χ1) is 13.6. The van der Waals surface area contributed by atoms with E-state index in [-0.39, 0.29) is 29.3 Å². The Bertz CT molecular complexity index is 1110. The van der Waals surface area contributed by atoms with Gasteiger partial charge in [-0.1, -0.05) is 30.3 Å². The van der Waals surface area contributed by atoms with Crippen molar-refractivity contribution in [1.29, 1.82) is 0 Å². The summed E-state index contributed by atoms with van der Waals surface area (Å²) in [5.74, 6) is 0. The fraction of sp³-hybridized carbons (Fsp3) is 0.211. The minimum absolute atomic E-state index is 0.0854. The van der Waals surface area contributed by atoms with E-state index in [4.69, 9.17) is 5.11 Å². The number of rotatable bonds is 6. The highest BCUT2D eigenvalue weighted by Gasteiger charge is 2.35. The number of nitrogens with zero attached hydrogens (tertiary/aromatic N) is 2. The predicted molar refractivity (Wildman–Crippen MR) is 101 cm³/mol. The fourth-order valence-electron chi connectivity index (χ4n) is 2.80. The van der Waals surface area contributed by atoms with Gasteiger partial charge in [0.2, 0.25) is 10.0 Å². The van der Waals surface area contributed by atoms with E-state index < -0.39 is 21.9 Å². The van der Waals surface area contributed by atoms with Gasteiger partial charge in [0.15, 0.2) is 5.69 Å². The molecule has 6 nitrogen and oxygen atoms in total. The number of nitrogens with one attached hydrogen (secondary N) is 1. The molecule has 0 atom stereocenters. The topological polar surface area (TPSA) is 84.2 Å². The Morgan fingerprint density at radius 3 is 2.41 bits per heavy atom. The van der Waals surface area contributed by atoms with Crippen LogP contribution in [0.2, 0.25) is 0 Å². The number of alkyl halides is 3. The molecule has 0 saturated heterocycles. The normalized spacial score (nSPS) is 12.3. The van der Waals surface area contributed by atoms with Crippen LogP contribution in [0, 0.1) is 6.92 Å². The summed E-state index contributed by atoms with van der Waals surface area (Å²) in [6.07, 6.45) is -4.66. The standard InChI is InChI=1S/C19H18F3N3O3S/c1-13-7-8-14(11-17(13)29(27,28)23-9-10-26)16-12-18(19(20,21)22)24-25(16)15-5-3-2-4-6-15/h2-8,11-12,23,26H,9-10H2,1H3. The van der Waals surface area contributed by atoms with Crippen molar-refractivity contribution in [2.24, 2.45) is 0 Å². The van der Waals surface area contributed by atoms with Gasteiger partial charge < -0.3 is 5.11 Å². The number of hydrogen-bond acceptors (Lipinski definition) is 4. The van der Waals surface area contributed by atoms with Crippen LogP contribution in [0.3, 0.4) is 0 Å². The van der Waals surface area contributed by atoms with Crippen LogP contribution in [0.1, 0.15) is 11.3 Å². The van der Waals surface area contributed by atoms with Crippen LogP contribution in [0.15, 0.2) is 59.5 Å². The number of aryl methyl sites for hydroxylation is 1. The van der Waals surface area contributed by atoms with Crippen molar-refractivity contribution in [2.45, 2.75) is 18.0 Å². The van der Waals surface area contributed by atoms with E-state index in [1.165, 1.54) is 18.2 Å². The first-order valence-corrected chi connectivity index (χ1v) is 10.1. The van der Waals surface area contributed by atoms with Gasteiger partial charge in [0, 0.05) is 12.1 Å². The van der Waals surface area contributed by atoms with Crippen LogP contribution in [0.25, 0.3) is 16.9 Å². The highest BCUT2D eigenvalue weighted by molar-refractivity contribution is 7.89. The first-order valence-electron chi connectivity index (χ1n) is 8.58. The van der Waals surface area contributed by atoms with Crippen molar-refractivity contribution >= 4 is 10.0 Å². The van der Waals surface area contributed by atoms with Crippen LogP contribution in [0.5, 0.6) is 0 Å². The SMILES string of the molecule is Cc1ccc(-c2cc(C(F)(F)F)nn2-c2ccccc2)cc1S(=O)(=O)NCCO. The van der Waals surface area contributed by atoms with E-state index >= 15 is 0 Å². The van der Waals surface area contributed by atoms with E-state index in [0.29, 0.717) is 11.3 Å². The average molecular weight is 425 g/mol. The van der Waals surface area contributed by atoms with Gasteiger partial charge >= 0.3 is 6.18 Å². The van der Waals surface area contributed by atoms with Gasteiger partial charge in [-0.15, -0.1) is 0 Å². The number of aliphatic hydroxyl groups excluding tert-OH is 1. The zero-order valence-electron chi connectivity index (χ0n) is 15.3. The Morgan fingerprint density at radius 1 is 1.10 bits per heavy atom. The lowest BCUT2D eigenvalue weighted by Crippen LogP contribution is -2.27. The van der Waals surface area contributed by atoms with E-state index in [9.17, 15) is 21.6 Å². The molecular weight excluding hydrogens is 407 g/mol. The highest BCUT2D eigenvalue weighted by atomic mass is 32.2. The Morgan fingerprint density at radius 2 is 1.79 bits per heavy atom. The maximum atomic E-state index is 13.3. The summed E-state index contributed by atoms with van der Waals surface area (Å²) in [5, 5.41) is 12.6. The molecule has 0 radical (unpaired) electrons. The lowest BCUT2D eigenvalue weighted by Gasteiger charge is -2.12. The molecule has 0 aliphatic rings. The molecule has 10 heteroatoms. The van der Waals surface area contributed by atoms with E-state index in [2.05, 4.69) is 9.82 Å². The second kappa shape index (κ2) is 7.97. The summed E-state index contributed by atoms with van der Waals surface area (Å²) < 4.78 is 68.2. The molecule has 0 fully saturated rings. The summed E-state index contributed by atoms with van der Waals surface area (Å²) in [5.41, 5.74) is 0.0936. The van der Waals surface area contributed by atoms with E-state index in [0.717, 1.165) is 10.7 Å². The molecule has 154 valence electrons. The summed E-state index contributed by atoms with van der Waals surface area (Å²) >= 11 is 0.